The molecule has 18 heavy (non-hydrogen) atoms. The molecule has 0 radical (unpaired) electrons. The summed E-state index contributed by atoms with van der Waals surface area (Å²) in [6.07, 6.45) is 0.149. The standard InChI is InChI=1S/C10H15N2O5P/c1-16-8-4-2-3-7(5-8)6-9(11)10(13)17-18(12,14)15/h2-5,9H,6,11H2,1H3,(H3,12,14,15)/t9-/m1/s1. The molecule has 0 heterocycles. The van der Waals surface area contributed by atoms with Crippen LogP contribution in [-0.2, 0) is 20.3 Å². The van der Waals surface area contributed by atoms with Crippen molar-refractivity contribution < 1.29 is 23.5 Å². The van der Waals surface area contributed by atoms with Crippen molar-refractivity contribution in [2.75, 3.05) is 7.11 Å². The minimum absolute atomic E-state index is 0.149. The summed E-state index contributed by atoms with van der Waals surface area (Å²) < 4.78 is 19.8. The minimum Gasteiger partial charge on any atom is -0.497 e. The average Bonchev–Trinajstić information content (AvgIpc) is 2.27. The second-order valence-corrected chi connectivity index (χ2v) is 4.95. The first-order valence-electron chi connectivity index (χ1n) is 5.05. The smallest absolute Gasteiger partial charge is 0.455 e. The summed E-state index contributed by atoms with van der Waals surface area (Å²) in [5.41, 5.74) is 11.0. The second-order valence-electron chi connectivity index (χ2n) is 3.64. The van der Waals surface area contributed by atoms with Crippen molar-refractivity contribution in [2.24, 2.45) is 11.2 Å². The molecule has 5 N–H and O–H groups in total. The number of rotatable bonds is 5. The number of nitrogens with two attached hydrogens (primary N) is 2. The maximum atomic E-state index is 11.3. The van der Waals surface area contributed by atoms with Crippen molar-refractivity contribution in [1.29, 1.82) is 0 Å². The first-order chi connectivity index (χ1) is 8.31. The Hall–Kier alpha value is -1.40. The lowest BCUT2D eigenvalue weighted by Gasteiger charge is -2.12. The van der Waals surface area contributed by atoms with E-state index in [1.54, 1.807) is 24.3 Å². The third-order valence-corrected chi connectivity index (χ3v) is 2.55. The van der Waals surface area contributed by atoms with Crippen LogP contribution < -0.4 is 16.0 Å². The molecule has 0 saturated heterocycles. The first kappa shape index (κ1) is 14.7. The third kappa shape index (κ3) is 4.85. The van der Waals surface area contributed by atoms with Crippen LogP contribution >= 0.6 is 7.75 Å². The molecule has 0 fully saturated rings. The molecule has 1 aromatic rings. The molecule has 0 saturated carbocycles. The Morgan fingerprint density at radius 2 is 2.22 bits per heavy atom. The second kappa shape index (κ2) is 5.97. The summed E-state index contributed by atoms with van der Waals surface area (Å²) in [6, 6.07) is 5.87. The number of methoxy groups -OCH3 is 1. The van der Waals surface area contributed by atoms with Gasteiger partial charge in [-0.3, -0.25) is 0 Å². The van der Waals surface area contributed by atoms with E-state index < -0.39 is 19.8 Å². The quantitative estimate of drug-likeness (QED) is 0.653. The summed E-state index contributed by atoms with van der Waals surface area (Å²) in [5.74, 6) is -0.397. The van der Waals surface area contributed by atoms with Crippen molar-refractivity contribution in [3.05, 3.63) is 29.8 Å². The van der Waals surface area contributed by atoms with Crippen LogP contribution in [0.15, 0.2) is 24.3 Å². The molecule has 8 heteroatoms. The van der Waals surface area contributed by atoms with Gasteiger partial charge in [0.25, 0.3) is 0 Å². The SMILES string of the molecule is COc1cccc(C[C@@H](N)C(=O)OP(N)(=O)O)c1. The first-order valence-corrected chi connectivity index (χ1v) is 6.70. The molecular weight excluding hydrogens is 259 g/mol. The molecule has 1 unspecified atom stereocenters. The Morgan fingerprint density at radius 1 is 1.56 bits per heavy atom. The topological polar surface area (TPSA) is 125 Å². The summed E-state index contributed by atoms with van der Waals surface area (Å²) >= 11 is 0. The summed E-state index contributed by atoms with van der Waals surface area (Å²) in [6.45, 7) is 0. The lowest BCUT2D eigenvalue weighted by atomic mass is 10.1. The van der Waals surface area contributed by atoms with Gasteiger partial charge in [0.1, 0.15) is 11.8 Å². The van der Waals surface area contributed by atoms with Gasteiger partial charge in [0.2, 0.25) is 0 Å². The molecule has 1 rings (SSSR count). The van der Waals surface area contributed by atoms with E-state index >= 15 is 0 Å². The van der Waals surface area contributed by atoms with Gasteiger partial charge < -0.3 is 19.9 Å². The van der Waals surface area contributed by atoms with Gasteiger partial charge in [0.05, 0.1) is 7.11 Å². The zero-order valence-electron chi connectivity index (χ0n) is 9.78. The Balaban J connectivity index is 2.66. The summed E-state index contributed by atoms with van der Waals surface area (Å²) in [5, 5.41) is 0. The number of benzene rings is 1. The van der Waals surface area contributed by atoms with E-state index in [-0.39, 0.29) is 6.42 Å². The number of carbonyl (C=O) groups excluding carboxylic acids is 1. The molecule has 1 aromatic carbocycles. The Labute approximate surface area is 104 Å². The maximum Gasteiger partial charge on any atom is 0.455 e. The van der Waals surface area contributed by atoms with Gasteiger partial charge in [0.15, 0.2) is 0 Å². The van der Waals surface area contributed by atoms with Crippen molar-refractivity contribution in [3.63, 3.8) is 0 Å². The van der Waals surface area contributed by atoms with Crippen molar-refractivity contribution in [3.8, 4) is 5.75 Å². The van der Waals surface area contributed by atoms with E-state index in [0.717, 1.165) is 5.56 Å². The van der Waals surface area contributed by atoms with Gasteiger partial charge in [-0.1, -0.05) is 12.1 Å². The molecular formula is C10H15N2O5P. The zero-order valence-corrected chi connectivity index (χ0v) is 10.7. The lowest BCUT2D eigenvalue weighted by Crippen LogP contribution is -2.34. The highest BCUT2D eigenvalue weighted by Gasteiger charge is 2.23. The van der Waals surface area contributed by atoms with Gasteiger partial charge in [-0.15, -0.1) is 0 Å². The highest BCUT2D eigenvalue weighted by molar-refractivity contribution is 7.50. The fraction of sp³-hybridized carbons (Fsp3) is 0.300. The van der Waals surface area contributed by atoms with Gasteiger partial charge >= 0.3 is 13.7 Å². The predicted octanol–water partition coefficient (Wildman–Crippen LogP) is 0.167. The predicted molar refractivity (Wildman–Crippen MR) is 64.8 cm³/mol. The number of carbonyl (C=O) groups is 1. The molecule has 0 aromatic heterocycles. The van der Waals surface area contributed by atoms with Crippen LogP contribution in [0.5, 0.6) is 5.75 Å². The van der Waals surface area contributed by atoms with Crippen molar-refractivity contribution in [2.45, 2.75) is 12.5 Å². The Kier molecular flexibility index (Phi) is 4.86. The Bertz CT molecular complexity index is 473. The highest BCUT2D eigenvalue weighted by atomic mass is 31.2. The zero-order chi connectivity index (χ0) is 13.8. The van der Waals surface area contributed by atoms with Gasteiger partial charge in [0, 0.05) is 0 Å². The molecule has 0 aliphatic carbocycles. The fourth-order valence-electron chi connectivity index (χ4n) is 1.33. The normalized spacial score (nSPS) is 15.6. The molecule has 0 amide bonds. The van der Waals surface area contributed by atoms with Crippen LogP contribution in [0.25, 0.3) is 0 Å². The van der Waals surface area contributed by atoms with Crippen LogP contribution in [-0.4, -0.2) is 24.0 Å². The molecule has 0 spiro atoms. The maximum absolute atomic E-state index is 11.3. The molecule has 0 bridgehead atoms. The number of ether oxygens (including phenoxy) is 1. The average molecular weight is 274 g/mol. The van der Waals surface area contributed by atoms with Crippen molar-refractivity contribution in [1.82, 2.24) is 0 Å². The molecule has 0 aliphatic heterocycles. The van der Waals surface area contributed by atoms with E-state index in [4.69, 9.17) is 20.9 Å². The van der Waals surface area contributed by atoms with Gasteiger partial charge in [-0.05, 0) is 24.1 Å². The molecule has 7 nitrogen and oxygen atoms in total. The molecule has 2 atom stereocenters. The van der Waals surface area contributed by atoms with Crippen LogP contribution in [0.1, 0.15) is 5.56 Å². The Morgan fingerprint density at radius 3 is 2.78 bits per heavy atom. The van der Waals surface area contributed by atoms with Crippen molar-refractivity contribution >= 4 is 13.7 Å². The summed E-state index contributed by atoms with van der Waals surface area (Å²) in [7, 11) is -2.83. The van der Waals surface area contributed by atoms with Crippen LogP contribution in [0.2, 0.25) is 0 Å². The van der Waals surface area contributed by atoms with E-state index in [2.05, 4.69) is 4.52 Å². The highest BCUT2D eigenvalue weighted by Crippen LogP contribution is 2.31. The van der Waals surface area contributed by atoms with E-state index in [0.29, 0.717) is 5.75 Å². The largest absolute Gasteiger partial charge is 0.497 e. The van der Waals surface area contributed by atoms with Crippen LogP contribution in [0, 0.1) is 0 Å². The monoisotopic (exact) mass is 274 g/mol. The summed E-state index contributed by atoms with van der Waals surface area (Å²) in [4.78, 5) is 20.0. The van der Waals surface area contributed by atoms with E-state index in [1.807, 2.05) is 0 Å². The van der Waals surface area contributed by atoms with E-state index in [1.165, 1.54) is 7.11 Å². The van der Waals surface area contributed by atoms with Crippen LogP contribution in [0.3, 0.4) is 0 Å². The molecule has 0 aliphatic rings. The third-order valence-electron chi connectivity index (χ3n) is 2.11. The molecule has 100 valence electrons. The van der Waals surface area contributed by atoms with Gasteiger partial charge in [-0.2, -0.15) is 0 Å². The number of hydrogen-bond donors (Lipinski definition) is 3. The number of hydrogen-bond acceptors (Lipinski definition) is 5. The fourth-order valence-corrected chi connectivity index (χ4v) is 1.73. The lowest BCUT2D eigenvalue weighted by molar-refractivity contribution is -0.136. The van der Waals surface area contributed by atoms with Gasteiger partial charge in [-0.25, -0.2) is 14.9 Å². The van der Waals surface area contributed by atoms with Crippen LogP contribution in [0.4, 0.5) is 0 Å². The van der Waals surface area contributed by atoms with E-state index in [9.17, 15) is 9.36 Å². The minimum atomic E-state index is -4.35.